The number of halogens is 2. The third-order valence-electron chi connectivity index (χ3n) is 8.01. The lowest BCUT2D eigenvalue weighted by atomic mass is 9.89. The summed E-state index contributed by atoms with van der Waals surface area (Å²) in [5.41, 5.74) is 4.65. The van der Waals surface area contributed by atoms with Crippen molar-refractivity contribution in [2.45, 2.75) is 50.9 Å². The molecule has 1 aliphatic heterocycles. The summed E-state index contributed by atoms with van der Waals surface area (Å²) < 4.78 is 36.7. The van der Waals surface area contributed by atoms with Crippen LogP contribution in [0, 0.1) is 11.6 Å². The van der Waals surface area contributed by atoms with Crippen LogP contribution in [0.3, 0.4) is 0 Å². The van der Waals surface area contributed by atoms with Crippen molar-refractivity contribution < 1.29 is 23.4 Å². The molecule has 0 saturated heterocycles. The number of rotatable bonds is 4. The number of imidazole rings is 1. The molecule has 9 heteroatoms. The van der Waals surface area contributed by atoms with Gasteiger partial charge in [-0.2, -0.15) is 11.8 Å². The van der Waals surface area contributed by atoms with Gasteiger partial charge < -0.3 is 19.8 Å². The summed E-state index contributed by atoms with van der Waals surface area (Å²) in [6, 6.07) is 15.8. The van der Waals surface area contributed by atoms with E-state index in [-0.39, 0.29) is 23.7 Å². The third-order valence-corrected chi connectivity index (χ3v) is 9.08. The highest BCUT2D eigenvalue weighted by Crippen LogP contribution is 2.38. The molecule has 0 fully saturated rings. The smallest absolute Gasteiger partial charge is 0.303 e. The number of aliphatic carboxylic acids is 1. The number of H-pyrrole nitrogens is 2. The maximum Gasteiger partial charge on any atom is 0.303 e. The molecular formula is C34H33F2N3O3S. The van der Waals surface area contributed by atoms with Crippen LogP contribution in [0.15, 0.2) is 67.0 Å². The molecular weight excluding hydrogens is 568 g/mol. The normalized spacial score (nSPS) is 16.2. The number of benzene rings is 3. The van der Waals surface area contributed by atoms with E-state index in [1.54, 1.807) is 18.5 Å². The number of thioether (sulfide) groups is 1. The van der Waals surface area contributed by atoms with Crippen LogP contribution < -0.4 is 4.74 Å². The number of nitrogens with zero attached hydrogens (tertiary/aromatic N) is 1. The second kappa shape index (κ2) is 13.0. The van der Waals surface area contributed by atoms with Gasteiger partial charge in [0.15, 0.2) is 11.6 Å². The highest BCUT2D eigenvalue weighted by atomic mass is 32.2. The van der Waals surface area contributed by atoms with Crippen LogP contribution >= 0.6 is 11.8 Å². The minimum Gasteiger partial charge on any atom is -0.481 e. The van der Waals surface area contributed by atoms with Gasteiger partial charge in [0.05, 0.1) is 5.56 Å². The molecule has 0 aliphatic carbocycles. The Morgan fingerprint density at radius 2 is 1.95 bits per heavy atom. The molecule has 222 valence electrons. The molecule has 0 radical (unpaired) electrons. The van der Waals surface area contributed by atoms with Crippen LogP contribution in [-0.2, 0) is 17.6 Å². The van der Waals surface area contributed by atoms with Crippen LogP contribution in [0.4, 0.5) is 8.78 Å². The first-order chi connectivity index (χ1) is 21.0. The van der Waals surface area contributed by atoms with Crippen molar-refractivity contribution in [1.29, 1.82) is 0 Å². The number of aromatic amines is 2. The van der Waals surface area contributed by atoms with Gasteiger partial charge in [-0.25, -0.2) is 13.8 Å². The van der Waals surface area contributed by atoms with Crippen molar-refractivity contribution in [1.82, 2.24) is 15.0 Å². The average Bonchev–Trinajstić information content (AvgIpc) is 3.67. The van der Waals surface area contributed by atoms with Gasteiger partial charge in [-0.15, -0.1) is 0 Å². The Bertz CT molecular complexity index is 1750. The zero-order chi connectivity index (χ0) is 29.8. The van der Waals surface area contributed by atoms with Gasteiger partial charge in [0, 0.05) is 53.0 Å². The second-order valence-corrected chi connectivity index (χ2v) is 12.2. The summed E-state index contributed by atoms with van der Waals surface area (Å²) in [5.74, 6) is 0.914. The fourth-order valence-electron chi connectivity index (χ4n) is 5.82. The predicted molar refractivity (Wildman–Crippen MR) is 166 cm³/mol. The van der Waals surface area contributed by atoms with E-state index in [1.165, 1.54) is 18.2 Å². The van der Waals surface area contributed by atoms with E-state index in [0.717, 1.165) is 70.5 Å². The van der Waals surface area contributed by atoms with Crippen LogP contribution in [-0.4, -0.2) is 37.5 Å². The van der Waals surface area contributed by atoms with Crippen molar-refractivity contribution >= 4 is 28.6 Å². The molecule has 43 heavy (non-hydrogen) atoms. The number of fused-ring (bicyclic) bond motifs is 8. The minimum absolute atomic E-state index is 0.00945. The largest absolute Gasteiger partial charge is 0.481 e. The third kappa shape index (κ3) is 6.62. The fraction of sp³-hybridized carbons (Fsp3) is 0.294. The highest BCUT2D eigenvalue weighted by molar-refractivity contribution is 7.99. The Morgan fingerprint density at radius 3 is 2.84 bits per heavy atom. The van der Waals surface area contributed by atoms with Crippen molar-refractivity contribution in [2.24, 2.45) is 0 Å². The van der Waals surface area contributed by atoms with E-state index < -0.39 is 17.6 Å². The average molecular weight is 602 g/mol. The standard InChI is InChI=1S/C34H33F2N3O3S/c35-28-10-9-23-18-27(28)34-38-20-31(39-34)24(22-6-4-5-21(17-22)8-11-32(40)41)7-2-1-3-15-43-16-13-26-25-12-14-37-30(25)19-29(36)33(26)42-23/h4-6,9-10,12,14,17-20,24,37H,1-3,7-8,11,13,15-16H2,(H,38,39)(H,40,41). The predicted octanol–water partition coefficient (Wildman–Crippen LogP) is 8.63. The lowest BCUT2D eigenvalue weighted by molar-refractivity contribution is -0.136. The SMILES string of the molecule is O=C(O)CCc1cccc(C2CCCCCSCCc3c(c(F)cc4[nH]ccc34)Oc3ccc(F)c(c3)-c3ncc2[nH]3)c1. The first kappa shape index (κ1) is 29.0. The Hall–Kier alpha value is -4.11. The molecule has 1 aliphatic rings. The van der Waals surface area contributed by atoms with E-state index in [1.807, 2.05) is 30.0 Å². The summed E-state index contributed by atoms with van der Waals surface area (Å²) in [4.78, 5) is 22.1. The number of nitrogens with one attached hydrogen (secondary N) is 2. The molecule has 5 aromatic rings. The molecule has 4 bridgehead atoms. The number of aryl methyl sites for hydroxylation is 2. The molecule has 3 N–H and O–H groups in total. The monoisotopic (exact) mass is 601 g/mol. The molecule has 0 spiro atoms. The molecule has 3 heterocycles. The minimum atomic E-state index is -0.824. The number of hydrogen-bond donors (Lipinski definition) is 3. The van der Waals surface area contributed by atoms with Gasteiger partial charge in [0.1, 0.15) is 17.4 Å². The molecule has 6 nitrogen and oxygen atoms in total. The molecule has 0 amide bonds. The number of carboxylic acids is 1. The van der Waals surface area contributed by atoms with E-state index >= 15 is 8.78 Å². The molecule has 0 saturated carbocycles. The highest BCUT2D eigenvalue weighted by Gasteiger charge is 2.21. The van der Waals surface area contributed by atoms with Crippen LogP contribution in [0.25, 0.3) is 22.3 Å². The van der Waals surface area contributed by atoms with Gasteiger partial charge in [0.2, 0.25) is 0 Å². The number of hydrogen-bond acceptors (Lipinski definition) is 4. The topological polar surface area (TPSA) is 91.0 Å². The van der Waals surface area contributed by atoms with Gasteiger partial charge >= 0.3 is 5.97 Å². The van der Waals surface area contributed by atoms with Gasteiger partial charge in [-0.1, -0.05) is 37.1 Å². The molecule has 1 unspecified atom stereocenters. The number of aromatic nitrogens is 3. The number of carbonyl (C=O) groups is 1. The zero-order valence-electron chi connectivity index (χ0n) is 23.7. The van der Waals surface area contributed by atoms with E-state index in [2.05, 4.69) is 27.1 Å². The fourth-order valence-corrected chi connectivity index (χ4v) is 6.78. The summed E-state index contributed by atoms with van der Waals surface area (Å²) in [6.07, 6.45) is 8.70. The van der Waals surface area contributed by atoms with Crippen molar-refractivity contribution in [3.05, 3.63) is 101 Å². The lowest BCUT2D eigenvalue weighted by Gasteiger charge is -2.18. The maximum absolute atomic E-state index is 15.4. The van der Waals surface area contributed by atoms with Crippen molar-refractivity contribution in [2.75, 3.05) is 11.5 Å². The van der Waals surface area contributed by atoms with E-state index in [9.17, 15) is 4.79 Å². The second-order valence-electron chi connectivity index (χ2n) is 10.9. The summed E-state index contributed by atoms with van der Waals surface area (Å²) in [6.45, 7) is 0. The van der Waals surface area contributed by atoms with Crippen LogP contribution in [0.5, 0.6) is 11.5 Å². The zero-order valence-corrected chi connectivity index (χ0v) is 24.5. The van der Waals surface area contributed by atoms with Crippen molar-refractivity contribution in [3.63, 3.8) is 0 Å². The van der Waals surface area contributed by atoms with Crippen molar-refractivity contribution in [3.8, 4) is 22.9 Å². The van der Waals surface area contributed by atoms with Crippen LogP contribution in [0.2, 0.25) is 0 Å². The van der Waals surface area contributed by atoms with Gasteiger partial charge in [0.25, 0.3) is 0 Å². The first-order valence-corrected chi connectivity index (χ1v) is 15.8. The molecule has 2 aromatic heterocycles. The first-order valence-electron chi connectivity index (χ1n) is 14.7. The number of ether oxygens (including phenoxy) is 1. The van der Waals surface area contributed by atoms with Crippen LogP contribution in [0.1, 0.15) is 60.4 Å². The number of carboxylic acid groups (broad SMARTS) is 1. The van der Waals surface area contributed by atoms with Gasteiger partial charge in [-0.05, 0) is 72.6 Å². The van der Waals surface area contributed by atoms with Gasteiger partial charge in [-0.3, -0.25) is 4.79 Å². The Morgan fingerprint density at radius 1 is 1.05 bits per heavy atom. The maximum atomic E-state index is 15.4. The summed E-state index contributed by atoms with van der Waals surface area (Å²) >= 11 is 1.85. The van der Waals surface area contributed by atoms with E-state index in [0.29, 0.717) is 24.4 Å². The Balaban J connectivity index is 1.37. The Kier molecular flexibility index (Phi) is 8.79. The molecule has 3 aromatic carbocycles. The van der Waals surface area contributed by atoms with E-state index in [4.69, 9.17) is 9.84 Å². The summed E-state index contributed by atoms with van der Waals surface area (Å²) in [7, 11) is 0. The quantitative estimate of drug-likeness (QED) is 0.192. The summed E-state index contributed by atoms with van der Waals surface area (Å²) in [5, 5.41) is 10.1. The lowest BCUT2D eigenvalue weighted by Crippen LogP contribution is -2.04. The Labute approximate surface area is 252 Å². The molecule has 6 rings (SSSR count). The molecule has 1 atom stereocenters.